The summed E-state index contributed by atoms with van der Waals surface area (Å²) >= 11 is 4.58. The Morgan fingerprint density at radius 1 is 1.29 bits per heavy atom. The number of primary amides is 1. The highest BCUT2D eigenvalue weighted by Crippen LogP contribution is 2.37. The molecule has 0 radical (unpaired) electrons. The summed E-state index contributed by atoms with van der Waals surface area (Å²) in [6, 6.07) is 12.3. The number of hydrogen-bond donors (Lipinski definition) is 2. The summed E-state index contributed by atoms with van der Waals surface area (Å²) in [4.78, 5) is 24.0. The number of nitriles is 1. The van der Waals surface area contributed by atoms with Gasteiger partial charge in [-0.25, -0.2) is 0 Å². The molecule has 0 aromatic heterocycles. The topological polar surface area (TPSA) is 114 Å². The first-order valence-electron chi connectivity index (χ1n) is 8.23. The number of anilines is 1. The lowest BCUT2D eigenvalue weighted by Crippen LogP contribution is -2.21. The molecule has 28 heavy (non-hydrogen) atoms. The van der Waals surface area contributed by atoms with Crippen molar-refractivity contribution in [3.8, 4) is 17.6 Å². The molecule has 146 valence electrons. The van der Waals surface area contributed by atoms with Crippen molar-refractivity contribution in [1.29, 1.82) is 5.26 Å². The third-order valence-electron chi connectivity index (χ3n) is 3.32. The van der Waals surface area contributed by atoms with Crippen LogP contribution in [0.3, 0.4) is 0 Å². The van der Waals surface area contributed by atoms with E-state index in [2.05, 4.69) is 21.2 Å². The van der Waals surface area contributed by atoms with Crippen LogP contribution in [0, 0.1) is 11.3 Å². The van der Waals surface area contributed by atoms with Crippen LogP contribution in [-0.2, 0) is 9.59 Å². The number of nitrogens with one attached hydrogen (secondary N) is 1. The van der Waals surface area contributed by atoms with Crippen LogP contribution in [0.4, 0.5) is 5.69 Å². The summed E-state index contributed by atoms with van der Waals surface area (Å²) in [7, 11) is 0. The summed E-state index contributed by atoms with van der Waals surface area (Å²) < 4.78 is 11.6. The van der Waals surface area contributed by atoms with E-state index in [-0.39, 0.29) is 18.3 Å². The number of amides is 2. The largest absolute Gasteiger partial charge is 0.490 e. The number of carbonyl (C=O) groups excluding carboxylic acids is 2. The van der Waals surface area contributed by atoms with E-state index >= 15 is 0 Å². The van der Waals surface area contributed by atoms with Gasteiger partial charge in [-0.05, 0) is 41.1 Å². The molecule has 0 heterocycles. The minimum atomic E-state index is -0.441. The number of nitrogens with zero attached hydrogens (tertiary/aromatic N) is 1. The number of nitrogens with two attached hydrogens (primary N) is 1. The molecule has 0 spiro atoms. The van der Waals surface area contributed by atoms with E-state index in [1.807, 2.05) is 13.0 Å². The molecule has 0 aliphatic rings. The van der Waals surface area contributed by atoms with E-state index < -0.39 is 5.91 Å². The first-order chi connectivity index (χ1) is 13.4. The van der Waals surface area contributed by atoms with E-state index in [0.717, 1.165) is 4.90 Å². The van der Waals surface area contributed by atoms with Crippen molar-refractivity contribution in [1.82, 2.24) is 0 Å². The molecule has 0 aliphatic carbocycles. The summed E-state index contributed by atoms with van der Waals surface area (Å²) in [5.74, 6) is -0.000295. The molecule has 0 saturated carbocycles. The summed E-state index contributed by atoms with van der Waals surface area (Å²) in [6.45, 7) is 1.93. The van der Waals surface area contributed by atoms with Crippen LogP contribution in [0.2, 0.25) is 0 Å². The van der Waals surface area contributed by atoms with Crippen molar-refractivity contribution in [2.75, 3.05) is 24.3 Å². The Morgan fingerprint density at radius 2 is 2.04 bits per heavy atom. The molecular weight excluding hydrogens is 446 g/mol. The van der Waals surface area contributed by atoms with Crippen LogP contribution in [0.5, 0.6) is 11.5 Å². The zero-order chi connectivity index (χ0) is 20.5. The van der Waals surface area contributed by atoms with Crippen LogP contribution in [-0.4, -0.2) is 30.8 Å². The Kier molecular flexibility index (Phi) is 8.17. The highest BCUT2D eigenvalue weighted by atomic mass is 79.9. The number of halogens is 1. The zero-order valence-electron chi connectivity index (χ0n) is 15.0. The number of hydrogen-bond acceptors (Lipinski definition) is 6. The molecule has 2 aromatic carbocycles. The van der Waals surface area contributed by atoms with Crippen molar-refractivity contribution in [2.24, 2.45) is 5.73 Å². The fourth-order valence-corrected chi connectivity index (χ4v) is 3.51. The van der Waals surface area contributed by atoms with Gasteiger partial charge in [-0.3, -0.25) is 9.59 Å². The van der Waals surface area contributed by atoms with Crippen LogP contribution in [0.1, 0.15) is 12.5 Å². The highest BCUT2D eigenvalue weighted by Gasteiger charge is 2.15. The van der Waals surface area contributed by atoms with E-state index in [0.29, 0.717) is 33.8 Å². The molecule has 9 heteroatoms. The monoisotopic (exact) mass is 463 g/mol. The lowest BCUT2D eigenvalue weighted by atomic mass is 10.2. The molecule has 2 aromatic rings. The van der Waals surface area contributed by atoms with E-state index in [1.54, 1.807) is 36.4 Å². The van der Waals surface area contributed by atoms with Crippen LogP contribution < -0.4 is 20.5 Å². The Hall–Kier alpha value is -2.70. The van der Waals surface area contributed by atoms with Crippen molar-refractivity contribution < 1.29 is 19.1 Å². The van der Waals surface area contributed by atoms with Gasteiger partial charge in [0.1, 0.15) is 0 Å². The first-order valence-corrected chi connectivity index (χ1v) is 10.0. The van der Waals surface area contributed by atoms with Gasteiger partial charge in [0, 0.05) is 11.0 Å². The van der Waals surface area contributed by atoms with Crippen LogP contribution in [0.25, 0.3) is 0 Å². The van der Waals surface area contributed by atoms with Gasteiger partial charge in [-0.1, -0.05) is 12.1 Å². The Balaban J connectivity index is 2.08. The maximum absolute atomic E-state index is 12.3. The molecule has 0 aliphatic heterocycles. The number of carbonyl (C=O) groups is 2. The van der Waals surface area contributed by atoms with Crippen LogP contribution in [0.15, 0.2) is 45.8 Å². The zero-order valence-corrected chi connectivity index (χ0v) is 17.4. The fraction of sp³-hybridized carbons (Fsp3) is 0.211. The quantitative estimate of drug-likeness (QED) is 0.551. The second-order valence-electron chi connectivity index (χ2n) is 5.42. The van der Waals surface area contributed by atoms with E-state index in [9.17, 15) is 9.59 Å². The molecule has 2 amide bonds. The average Bonchev–Trinajstić information content (AvgIpc) is 2.66. The maximum atomic E-state index is 12.3. The van der Waals surface area contributed by atoms with Gasteiger partial charge < -0.3 is 20.5 Å². The summed E-state index contributed by atoms with van der Waals surface area (Å²) in [5.41, 5.74) is 6.14. The molecule has 3 N–H and O–H groups in total. The number of para-hydroxylation sites is 1. The van der Waals surface area contributed by atoms with Crippen molar-refractivity contribution in [3.05, 3.63) is 46.4 Å². The van der Waals surface area contributed by atoms with E-state index in [1.165, 1.54) is 11.8 Å². The molecule has 0 fully saturated rings. The predicted octanol–water partition coefficient (Wildman–Crippen LogP) is 3.31. The lowest BCUT2D eigenvalue weighted by molar-refractivity contribution is -0.118. The van der Waals surface area contributed by atoms with Crippen LogP contribution >= 0.6 is 27.7 Å². The van der Waals surface area contributed by atoms with E-state index in [4.69, 9.17) is 20.5 Å². The number of benzene rings is 2. The maximum Gasteiger partial charge on any atom is 0.262 e. The Labute approximate surface area is 175 Å². The van der Waals surface area contributed by atoms with Gasteiger partial charge in [-0.2, -0.15) is 5.26 Å². The van der Waals surface area contributed by atoms with Gasteiger partial charge in [0.2, 0.25) is 5.91 Å². The number of thioether (sulfide) groups is 1. The SMILES string of the molecule is CCOc1cc(C#N)cc(Br)c1OCC(=O)Nc1ccccc1SCC(N)=O. The predicted molar refractivity (Wildman–Crippen MR) is 111 cm³/mol. The standard InChI is InChI=1S/C19H18BrN3O4S/c1-2-26-15-8-12(9-21)7-13(20)19(15)27-10-18(25)23-14-5-3-4-6-16(14)28-11-17(22)24/h3-8H,2,10-11H2,1H3,(H2,22,24)(H,23,25). The second kappa shape index (κ2) is 10.6. The van der Waals surface area contributed by atoms with Gasteiger partial charge in [0.05, 0.1) is 34.2 Å². The molecule has 2 rings (SSSR count). The Morgan fingerprint density at radius 3 is 2.71 bits per heavy atom. The second-order valence-corrected chi connectivity index (χ2v) is 7.29. The van der Waals surface area contributed by atoms with Gasteiger partial charge in [0.25, 0.3) is 5.91 Å². The first kappa shape index (κ1) is 21.6. The van der Waals surface area contributed by atoms with Crippen molar-refractivity contribution in [3.63, 3.8) is 0 Å². The van der Waals surface area contributed by atoms with Gasteiger partial charge >= 0.3 is 0 Å². The van der Waals surface area contributed by atoms with Gasteiger partial charge in [0.15, 0.2) is 18.1 Å². The molecule has 0 saturated heterocycles. The minimum Gasteiger partial charge on any atom is -0.490 e. The van der Waals surface area contributed by atoms with Crippen molar-refractivity contribution >= 4 is 45.2 Å². The normalized spacial score (nSPS) is 10.0. The smallest absolute Gasteiger partial charge is 0.262 e. The molecule has 0 unspecified atom stereocenters. The average molecular weight is 464 g/mol. The third kappa shape index (κ3) is 6.18. The highest BCUT2D eigenvalue weighted by molar-refractivity contribution is 9.10. The van der Waals surface area contributed by atoms with Gasteiger partial charge in [-0.15, -0.1) is 11.8 Å². The molecular formula is C19H18BrN3O4S. The summed E-state index contributed by atoms with van der Waals surface area (Å²) in [6.07, 6.45) is 0. The van der Waals surface area contributed by atoms with Crippen molar-refractivity contribution in [2.45, 2.75) is 11.8 Å². The summed E-state index contributed by atoms with van der Waals surface area (Å²) in [5, 5.41) is 11.8. The number of rotatable bonds is 9. The molecule has 0 atom stereocenters. The fourth-order valence-electron chi connectivity index (χ4n) is 2.20. The molecule has 0 bridgehead atoms. The number of ether oxygens (including phenoxy) is 2. The lowest BCUT2D eigenvalue weighted by Gasteiger charge is -2.15. The minimum absolute atomic E-state index is 0.110. The third-order valence-corrected chi connectivity index (χ3v) is 5.00. The Bertz CT molecular complexity index is 915. The molecule has 7 nitrogen and oxygen atoms in total.